The number of ether oxygens (including phenoxy) is 3. The van der Waals surface area contributed by atoms with Gasteiger partial charge in [-0.05, 0) is 172 Å². The number of esters is 1. The lowest BCUT2D eigenvalue weighted by Crippen LogP contribution is -2.68. The molecule has 0 radical (unpaired) electrons. The van der Waals surface area contributed by atoms with Gasteiger partial charge in [-0.3, -0.25) is 19.2 Å². The maximum atomic E-state index is 15.3. The zero-order valence-corrected chi connectivity index (χ0v) is 43.0. The Morgan fingerprint density at radius 2 is 1.56 bits per heavy atom. The molecule has 1 saturated heterocycles. The highest BCUT2D eigenvalue weighted by Crippen LogP contribution is 2.78. The second kappa shape index (κ2) is 18.5. The molecule has 6 aliphatic rings. The molecule has 0 aromatic heterocycles. The van der Waals surface area contributed by atoms with E-state index in [1.807, 2.05) is 47.4 Å². The molecule has 1 heterocycles. The van der Waals surface area contributed by atoms with Crippen LogP contribution in [-0.4, -0.2) is 78.1 Å². The average Bonchev–Trinajstić information content (AvgIpc) is 3.70. The first-order valence-electron chi connectivity index (χ1n) is 25.4. The fourth-order valence-electron chi connectivity index (χ4n) is 15.7. The molecule has 6 fully saturated rings. The lowest BCUT2D eigenvalue weighted by molar-refractivity contribution is -0.250. The van der Waals surface area contributed by atoms with E-state index >= 15 is 4.79 Å². The summed E-state index contributed by atoms with van der Waals surface area (Å²) in [4.78, 5) is 57.9. The number of hydrogen-bond acceptors (Lipinski definition) is 7. The Hall–Kier alpha value is -4.31. The summed E-state index contributed by atoms with van der Waals surface area (Å²) in [5.74, 6) is 1.81. The molecule has 1 aliphatic heterocycles. The molecule has 1 N–H and O–H groups in total. The zero-order valence-electron chi connectivity index (χ0n) is 42.3. The summed E-state index contributed by atoms with van der Waals surface area (Å²) in [5.41, 5.74) is 1.34. The average molecular weight is 954 g/mol. The van der Waals surface area contributed by atoms with Gasteiger partial charge in [-0.15, -0.1) is 0 Å². The number of hydrogen-bond donors (Lipinski definition) is 1. The van der Waals surface area contributed by atoms with Crippen molar-refractivity contribution in [1.29, 1.82) is 0 Å². The number of nitrogens with zero attached hydrogens (tertiary/aromatic N) is 2. The Morgan fingerprint density at radius 3 is 2.24 bits per heavy atom. The van der Waals surface area contributed by atoms with E-state index in [1.54, 1.807) is 33.1 Å². The molecular weight excluding hydrogens is 876 g/mol. The molecule has 10 nitrogen and oxygen atoms in total. The smallest absolute Gasteiger partial charge is 0.309 e. The summed E-state index contributed by atoms with van der Waals surface area (Å²) in [6, 6.07) is 13.2. The Balaban J connectivity index is 0.931. The van der Waals surface area contributed by atoms with Gasteiger partial charge in [0.05, 0.1) is 24.4 Å². The van der Waals surface area contributed by atoms with Crippen LogP contribution in [0.4, 0.5) is 0 Å². The number of fused-ring (bicyclic) bond motifs is 7. The third-order valence-corrected chi connectivity index (χ3v) is 19.9. The predicted molar refractivity (Wildman–Crippen MR) is 266 cm³/mol. The van der Waals surface area contributed by atoms with Crippen molar-refractivity contribution < 1.29 is 38.5 Å². The van der Waals surface area contributed by atoms with Crippen LogP contribution in [0.2, 0.25) is 5.02 Å². The van der Waals surface area contributed by atoms with Crippen molar-refractivity contribution in [1.82, 2.24) is 9.80 Å². The number of piperazine rings is 1. The number of carbonyl (C=O) groups excluding carboxylic acids is 3. The van der Waals surface area contributed by atoms with Crippen LogP contribution in [0.3, 0.4) is 0 Å². The molecule has 8 rings (SSSR count). The molecule has 2 aromatic carbocycles. The topological polar surface area (TPSA) is 123 Å². The second-order valence-electron chi connectivity index (χ2n) is 23.8. The van der Waals surface area contributed by atoms with E-state index in [2.05, 4.69) is 53.0 Å². The van der Waals surface area contributed by atoms with Crippen LogP contribution in [-0.2, 0) is 30.5 Å². The van der Waals surface area contributed by atoms with Gasteiger partial charge >= 0.3 is 11.9 Å². The van der Waals surface area contributed by atoms with Gasteiger partial charge in [0.2, 0.25) is 11.8 Å². The minimum atomic E-state index is -1.17. The van der Waals surface area contributed by atoms with Gasteiger partial charge in [0, 0.05) is 42.7 Å². The standard InChI is InChI=1S/C57H77ClN2O8/c1-36(2)40-20-25-57(50(63)60-30-28-59(29-31-60)47(61)19-15-37-14-17-42(43(33-37)66-10)67-35-38-12-11-13-39(58)32-38)27-26-55(8)41(49(40)57)16-18-45-54(7)23-22-46(68-48(62)34-52(3,4)51(64)65)53(5,6)44(54)21-24-56(45,55)9/h11-15,17,19,32-33,40-41,44-46,49H,1,16,18,20-31,34-35H2,2-10H3,(H,64,65)/b19-15+/t40-,41+,44-,45+,46-,49+,54-,55+,56+,57-/m0/s1. The summed E-state index contributed by atoms with van der Waals surface area (Å²) in [7, 11) is 1.60. The van der Waals surface area contributed by atoms with E-state index in [0.29, 0.717) is 78.9 Å². The zero-order chi connectivity index (χ0) is 49.2. The molecule has 0 unspecified atom stereocenters. The molecule has 11 heteroatoms. The quantitative estimate of drug-likeness (QED) is 0.127. The number of carboxylic acids is 1. The van der Waals surface area contributed by atoms with Gasteiger partial charge in [-0.1, -0.05) is 76.6 Å². The van der Waals surface area contributed by atoms with Crippen molar-refractivity contribution in [3.05, 3.63) is 76.8 Å². The number of amides is 2. The molecule has 2 aromatic rings. The molecule has 370 valence electrons. The number of carbonyl (C=O) groups is 4. The first-order valence-corrected chi connectivity index (χ1v) is 25.8. The van der Waals surface area contributed by atoms with Crippen molar-refractivity contribution >= 4 is 41.4 Å². The van der Waals surface area contributed by atoms with Gasteiger partial charge in [-0.25, -0.2) is 0 Å². The minimum absolute atomic E-state index is 0.0536. The Bertz CT molecular complexity index is 2330. The number of aliphatic carboxylic acids is 1. The van der Waals surface area contributed by atoms with Gasteiger partial charge in [0.15, 0.2) is 11.5 Å². The number of methoxy groups -OCH3 is 1. The Morgan fingerprint density at radius 1 is 0.838 bits per heavy atom. The van der Waals surface area contributed by atoms with Crippen molar-refractivity contribution in [3.63, 3.8) is 0 Å². The van der Waals surface area contributed by atoms with E-state index in [-0.39, 0.29) is 46.0 Å². The fourth-order valence-corrected chi connectivity index (χ4v) is 16.0. The van der Waals surface area contributed by atoms with Crippen molar-refractivity contribution in [2.24, 2.45) is 62.1 Å². The van der Waals surface area contributed by atoms with Gasteiger partial charge < -0.3 is 29.1 Å². The van der Waals surface area contributed by atoms with Crippen LogP contribution < -0.4 is 9.47 Å². The number of rotatable bonds is 12. The van der Waals surface area contributed by atoms with Gasteiger partial charge in [0.25, 0.3) is 0 Å². The normalized spacial score (nSPS) is 34.2. The van der Waals surface area contributed by atoms with Gasteiger partial charge in [-0.2, -0.15) is 0 Å². The summed E-state index contributed by atoms with van der Waals surface area (Å²) < 4.78 is 17.9. The molecule has 5 aliphatic carbocycles. The summed E-state index contributed by atoms with van der Waals surface area (Å²) in [6.07, 6.45) is 13.0. The third-order valence-electron chi connectivity index (χ3n) is 19.6. The lowest BCUT2D eigenvalue weighted by atomic mass is 9.32. The van der Waals surface area contributed by atoms with E-state index < -0.39 is 22.8 Å². The Kier molecular flexibility index (Phi) is 13.6. The molecule has 0 spiro atoms. The number of carboxylic acid groups (broad SMARTS) is 1. The SMILES string of the molecule is C=C(C)[C@@H]1CC[C@]2(C(=O)N3CCN(C(=O)/C=C/c4ccc(OCc5cccc(Cl)c5)c(OC)c4)CC3)CC[C@]3(C)[C@H](CC[C@@H]4[C@@]5(C)CC[C@H](OC(=O)CC(C)(C)C(=O)O)C(C)(C)[C@@H]5CC[C@]43C)[C@@H]12. The van der Waals surface area contributed by atoms with Crippen molar-refractivity contribution in [3.8, 4) is 11.5 Å². The van der Waals surface area contributed by atoms with E-state index in [4.69, 9.17) is 25.8 Å². The highest BCUT2D eigenvalue weighted by molar-refractivity contribution is 6.30. The monoisotopic (exact) mass is 953 g/mol. The lowest BCUT2D eigenvalue weighted by Gasteiger charge is -2.73. The largest absolute Gasteiger partial charge is 0.493 e. The van der Waals surface area contributed by atoms with E-state index in [0.717, 1.165) is 75.3 Å². The highest BCUT2D eigenvalue weighted by Gasteiger charge is 2.72. The van der Waals surface area contributed by atoms with Crippen molar-refractivity contribution in [2.75, 3.05) is 33.3 Å². The van der Waals surface area contributed by atoms with E-state index in [1.165, 1.54) is 5.57 Å². The van der Waals surface area contributed by atoms with Crippen molar-refractivity contribution in [2.45, 2.75) is 139 Å². The molecule has 5 saturated carbocycles. The Labute approximate surface area is 410 Å². The van der Waals surface area contributed by atoms with Crippen LogP contribution in [0.1, 0.15) is 137 Å². The summed E-state index contributed by atoms with van der Waals surface area (Å²) >= 11 is 6.15. The molecular formula is C57H77ClN2O8. The third kappa shape index (κ3) is 8.58. The fraction of sp³-hybridized carbons (Fsp3) is 0.649. The number of allylic oxidation sites excluding steroid dienone is 1. The summed E-state index contributed by atoms with van der Waals surface area (Å²) in [5, 5.41) is 10.3. The summed E-state index contributed by atoms with van der Waals surface area (Å²) in [6.45, 7) is 24.6. The van der Waals surface area contributed by atoms with Crippen LogP contribution in [0.15, 0.2) is 60.7 Å². The molecule has 0 bridgehead atoms. The molecule has 68 heavy (non-hydrogen) atoms. The van der Waals surface area contributed by atoms with E-state index in [9.17, 15) is 19.5 Å². The van der Waals surface area contributed by atoms with Crippen LogP contribution in [0.5, 0.6) is 11.5 Å². The minimum Gasteiger partial charge on any atom is -0.493 e. The van der Waals surface area contributed by atoms with Crippen LogP contribution in [0, 0.1) is 62.1 Å². The molecule has 10 atom stereocenters. The highest BCUT2D eigenvalue weighted by atomic mass is 35.5. The molecule has 2 amide bonds. The first kappa shape index (κ1) is 50.1. The number of benzene rings is 2. The maximum Gasteiger partial charge on any atom is 0.309 e. The first-order chi connectivity index (χ1) is 32.0. The predicted octanol–water partition coefficient (Wildman–Crippen LogP) is 11.7. The number of halogens is 1. The van der Waals surface area contributed by atoms with Gasteiger partial charge in [0.1, 0.15) is 12.7 Å². The maximum absolute atomic E-state index is 15.3. The van der Waals surface area contributed by atoms with Crippen LogP contribution >= 0.6 is 11.6 Å². The van der Waals surface area contributed by atoms with Crippen LogP contribution in [0.25, 0.3) is 6.08 Å². The second-order valence-corrected chi connectivity index (χ2v) is 24.3.